The standard InChI is InChI=1S/C34H41ClN6O2/c1-4-30(42)41-20-25(19-23(41)2)38(3)32-26-13-18-39(29-12-6-10-24-9-5-11-27(35)31(24)29)21-28(26)36-33(37-32)43-22-34-14-7-16-40(34)17-8-15-34/h4-6,9-12,23,25H,1,7-8,13-22H2,2-3H3/t23-,25-/m1/s1. The van der Waals surface area contributed by atoms with Crippen LogP contribution in [0.25, 0.3) is 10.8 Å². The Morgan fingerprint density at radius 2 is 1.93 bits per heavy atom. The Morgan fingerprint density at radius 3 is 2.70 bits per heavy atom. The van der Waals surface area contributed by atoms with Gasteiger partial charge in [-0.25, -0.2) is 0 Å². The van der Waals surface area contributed by atoms with Gasteiger partial charge in [-0.15, -0.1) is 0 Å². The molecule has 3 fully saturated rings. The number of amides is 1. The van der Waals surface area contributed by atoms with E-state index in [1.165, 1.54) is 37.3 Å². The van der Waals surface area contributed by atoms with Crippen molar-refractivity contribution in [3.63, 3.8) is 0 Å². The van der Waals surface area contributed by atoms with Gasteiger partial charge in [0.05, 0.1) is 22.8 Å². The molecule has 9 heteroatoms. The summed E-state index contributed by atoms with van der Waals surface area (Å²) in [5.74, 6) is 0.909. The first-order valence-electron chi connectivity index (χ1n) is 15.7. The van der Waals surface area contributed by atoms with Gasteiger partial charge in [0.15, 0.2) is 0 Å². The number of carbonyl (C=O) groups excluding carboxylic acids is 1. The number of nitrogens with zero attached hydrogens (tertiary/aromatic N) is 6. The minimum Gasteiger partial charge on any atom is -0.461 e. The highest BCUT2D eigenvalue weighted by Crippen LogP contribution is 2.40. The molecule has 226 valence electrons. The minimum absolute atomic E-state index is 0.0153. The molecule has 8 nitrogen and oxygen atoms in total. The molecule has 4 aliphatic heterocycles. The Bertz CT molecular complexity index is 1550. The Balaban J connectivity index is 1.22. The molecule has 0 N–H and O–H groups in total. The van der Waals surface area contributed by atoms with Crippen LogP contribution >= 0.6 is 11.6 Å². The number of benzene rings is 2. The number of hydrogen-bond acceptors (Lipinski definition) is 7. The fourth-order valence-electron chi connectivity index (χ4n) is 8.03. The van der Waals surface area contributed by atoms with Crippen LogP contribution in [0.1, 0.15) is 50.3 Å². The van der Waals surface area contributed by atoms with E-state index in [0.29, 0.717) is 25.7 Å². The van der Waals surface area contributed by atoms with Gasteiger partial charge in [-0.05, 0) is 82.1 Å². The van der Waals surface area contributed by atoms with Crippen molar-refractivity contribution in [3.8, 4) is 6.01 Å². The van der Waals surface area contributed by atoms with Gasteiger partial charge < -0.3 is 19.4 Å². The zero-order valence-electron chi connectivity index (χ0n) is 25.3. The molecule has 3 aromatic rings. The molecule has 2 atom stereocenters. The van der Waals surface area contributed by atoms with Gasteiger partial charge in [-0.2, -0.15) is 9.97 Å². The average molecular weight is 601 g/mol. The Morgan fingerprint density at radius 1 is 1.16 bits per heavy atom. The number of likely N-dealkylation sites (tertiary alicyclic amines) is 1. The first-order chi connectivity index (χ1) is 20.9. The molecule has 0 bridgehead atoms. The molecule has 0 aliphatic carbocycles. The molecule has 3 saturated heterocycles. The number of carbonyl (C=O) groups is 1. The Hall–Kier alpha value is -3.36. The van der Waals surface area contributed by atoms with Gasteiger partial charge >= 0.3 is 6.01 Å². The molecule has 4 aliphatic rings. The van der Waals surface area contributed by atoms with E-state index in [1.54, 1.807) is 0 Å². The van der Waals surface area contributed by atoms with Crippen molar-refractivity contribution < 1.29 is 9.53 Å². The summed E-state index contributed by atoms with van der Waals surface area (Å²) in [6, 6.07) is 13.2. The lowest BCUT2D eigenvalue weighted by Crippen LogP contribution is -2.44. The number of likely N-dealkylation sites (N-methyl/N-ethyl adjacent to an activating group) is 1. The van der Waals surface area contributed by atoms with Gasteiger partial charge in [0, 0.05) is 48.9 Å². The maximum atomic E-state index is 12.5. The number of aromatic nitrogens is 2. The van der Waals surface area contributed by atoms with E-state index in [1.807, 2.05) is 17.0 Å². The van der Waals surface area contributed by atoms with E-state index in [4.69, 9.17) is 26.3 Å². The smallest absolute Gasteiger partial charge is 0.318 e. The zero-order valence-corrected chi connectivity index (χ0v) is 26.0. The molecule has 0 spiro atoms. The fourth-order valence-corrected chi connectivity index (χ4v) is 8.31. The predicted molar refractivity (Wildman–Crippen MR) is 172 cm³/mol. The van der Waals surface area contributed by atoms with E-state index >= 15 is 0 Å². The monoisotopic (exact) mass is 600 g/mol. The van der Waals surface area contributed by atoms with Gasteiger partial charge in [-0.1, -0.05) is 42.4 Å². The summed E-state index contributed by atoms with van der Waals surface area (Å²) in [7, 11) is 2.11. The Labute approximate surface area is 259 Å². The van der Waals surface area contributed by atoms with E-state index in [2.05, 4.69) is 59.5 Å². The summed E-state index contributed by atoms with van der Waals surface area (Å²) in [6.45, 7) is 10.9. The summed E-state index contributed by atoms with van der Waals surface area (Å²) in [6.07, 6.45) is 7.91. The van der Waals surface area contributed by atoms with Crippen LogP contribution in [0.3, 0.4) is 0 Å². The summed E-state index contributed by atoms with van der Waals surface area (Å²) in [4.78, 5) is 31.9. The molecule has 1 amide bonds. The van der Waals surface area contributed by atoms with Gasteiger partial charge in [0.2, 0.25) is 5.91 Å². The third kappa shape index (κ3) is 5.02. The van der Waals surface area contributed by atoms with Crippen LogP contribution in [-0.4, -0.2) is 83.1 Å². The van der Waals surface area contributed by atoms with Crippen LogP contribution in [-0.2, 0) is 17.8 Å². The number of halogens is 1. The minimum atomic E-state index is -0.0153. The number of hydrogen-bond donors (Lipinski definition) is 0. The van der Waals surface area contributed by atoms with Crippen LogP contribution in [0.4, 0.5) is 11.5 Å². The van der Waals surface area contributed by atoms with Crippen molar-refractivity contribution in [1.82, 2.24) is 19.8 Å². The molecular weight excluding hydrogens is 560 g/mol. The lowest BCUT2D eigenvalue weighted by atomic mass is 9.95. The topological polar surface area (TPSA) is 65.0 Å². The average Bonchev–Trinajstić information content (AvgIpc) is 3.72. The van der Waals surface area contributed by atoms with Crippen molar-refractivity contribution in [3.05, 3.63) is 65.3 Å². The summed E-state index contributed by atoms with van der Waals surface area (Å²) < 4.78 is 6.53. The van der Waals surface area contributed by atoms with Crippen molar-refractivity contribution >= 4 is 39.8 Å². The summed E-state index contributed by atoms with van der Waals surface area (Å²) >= 11 is 6.73. The zero-order chi connectivity index (χ0) is 29.7. The van der Waals surface area contributed by atoms with Crippen LogP contribution in [0.15, 0.2) is 49.1 Å². The van der Waals surface area contributed by atoms with Gasteiger partial charge in [0.1, 0.15) is 12.4 Å². The van der Waals surface area contributed by atoms with Crippen molar-refractivity contribution in [2.24, 2.45) is 0 Å². The molecule has 1 aromatic heterocycles. The third-order valence-electron chi connectivity index (χ3n) is 10.4. The molecule has 0 saturated carbocycles. The van der Waals surface area contributed by atoms with E-state index in [-0.39, 0.29) is 23.5 Å². The predicted octanol–water partition coefficient (Wildman–Crippen LogP) is 5.46. The normalized spacial score (nSPS) is 23.0. The highest BCUT2D eigenvalue weighted by Gasteiger charge is 2.45. The van der Waals surface area contributed by atoms with Crippen molar-refractivity contribution in [1.29, 1.82) is 0 Å². The second-order valence-electron chi connectivity index (χ2n) is 12.8. The molecule has 0 unspecified atom stereocenters. The molecule has 2 aromatic carbocycles. The second kappa shape index (κ2) is 11.3. The molecular formula is C34H41ClN6O2. The maximum Gasteiger partial charge on any atom is 0.318 e. The van der Waals surface area contributed by atoms with Crippen LogP contribution in [0.5, 0.6) is 6.01 Å². The molecule has 43 heavy (non-hydrogen) atoms. The quantitative estimate of drug-likeness (QED) is 0.334. The van der Waals surface area contributed by atoms with E-state index in [0.717, 1.165) is 65.5 Å². The SMILES string of the molecule is C=CC(=O)N1C[C@H](N(C)c2nc(OCC34CCCN3CCC4)nc3c2CCN(c2cccc4cccc(Cl)c24)C3)C[C@H]1C. The number of anilines is 2. The van der Waals surface area contributed by atoms with Gasteiger partial charge in [0.25, 0.3) is 0 Å². The molecule has 7 rings (SSSR count). The third-order valence-corrected chi connectivity index (χ3v) is 10.7. The number of rotatable bonds is 7. The molecule has 5 heterocycles. The van der Waals surface area contributed by atoms with Crippen molar-refractivity contribution in [2.45, 2.75) is 69.6 Å². The second-order valence-corrected chi connectivity index (χ2v) is 13.2. The largest absolute Gasteiger partial charge is 0.461 e. The van der Waals surface area contributed by atoms with Crippen LogP contribution in [0.2, 0.25) is 5.02 Å². The highest BCUT2D eigenvalue weighted by atomic mass is 35.5. The van der Waals surface area contributed by atoms with Crippen LogP contribution < -0.4 is 14.5 Å². The van der Waals surface area contributed by atoms with E-state index in [9.17, 15) is 4.79 Å². The van der Waals surface area contributed by atoms with E-state index < -0.39 is 0 Å². The van der Waals surface area contributed by atoms with Gasteiger partial charge in [-0.3, -0.25) is 9.69 Å². The maximum absolute atomic E-state index is 12.5. The summed E-state index contributed by atoms with van der Waals surface area (Å²) in [5.41, 5.74) is 3.41. The number of fused-ring (bicyclic) bond motifs is 3. The fraction of sp³-hybridized carbons (Fsp3) is 0.500. The lowest BCUT2D eigenvalue weighted by Gasteiger charge is -2.35. The highest BCUT2D eigenvalue weighted by molar-refractivity contribution is 6.36. The van der Waals surface area contributed by atoms with Crippen molar-refractivity contribution in [2.75, 3.05) is 49.6 Å². The molecule has 0 radical (unpaired) electrons. The first-order valence-corrected chi connectivity index (χ1v) is 16.1. The summed E-state index contributed by atoms with van der Waals surface area (Å²) in [5, 5.41) is 2.97. The first kappa shape index (κ1) is 28.4. The number of ether oxygens (including phenoxy) is 1. The Kier molecular flexibility index (Phi) is 7.46. The lowest BCUT2D eigenvalue weighted by molar-refractivity contribution is -0.126. The van der Waals surface area contributed by atoms with Crippen LogP contribution in [0, 0.1) is 0 Å².